The first-order chi connectivity index (χ1) is 6.20. The topological polar surface area (TPSA) is 43.8 Å². The molecule has 0 atom stereocenters. The van der Waals surface area contributed by atoms with Crippen molar-refractivity contribution >= 4 is 28.9 Å². The number of nitrogen functional groups attached to an aromatic ring is 1. The Bertz CT molecular complexity index is 516. The summed E-state index contributed by atoms with van der Waals surface area (Å²) in [5.74, 6) is 0.499. The smallest absolute Gasteiger partial charge is 0.201 e. The molecule has 0 spiro atoms. The van der Waals surface area contributed by atoms with Crippen LogP contribution < -0.4 is 5.73 Å². The quantitative estimate of drug-likeness (QED) is 0.647. The lowest BCUT2D eigenvalue weighted by Crippen LogP contribution is -2.01. The molecule has 0 amide bonds. The van der Waals surface area contributed by atoms with E-state index in [1.54, 1.807) is 0 Å². The van der Waals surface area contributed by atoms with Crippen molar-refractivity contribution in [1.82, 2.24) is 9.55 Å². The van der Waals surface area contributed by atoms with Gasteiger partial charge in [-0.15, -0.1) is 0 Å². The van der Waals surface area contributed by atoms with Crippen LogP contribution in [0.25, 0.3) is 10.9 Å². The van der Waals surface area contributed by atoms with Gasteiger partial charge in [-0.2, -0.15) is 0 Å². The van der Waals surface area contributed by atoms with E-state index in [1.165, 1.54) is 0 Å². The number of hydrogen-bond acceptors (Lipinski definition) is 3. The second kappa shape index (κ2) is 2.81. The molecule has 3 nitrogen and oxygen atoms in total. The summed E-state index contributed by atoms with van der Waals surface area (Å²) in [6.45, 7) is 0. The zero-order chi connectivity index (χ0) is 9.42. The van der Waals surface area contributed by atoms with Gasteiger partial charge >= 0.3 is 0 Å². The molecule has 0 saturated heterocycles. The van der Waals surface area contributed by atoms with Crippen LogP contribution >= 0.6 is 12.2 Å². The minimum Gasteiger partial charge on any atom is -0.383 e. The third-order valence-electron chi connectivity index (χ3n) is 2.04. The van der Waals surface area contributed by atoms with Crippen LogP contribution in [0.1, 0.15) is 0 Å². The lowest BCUT2D eigenvalue weighted by molar-refractivity contribution is 0.892. The standard InChI is InChI=1S/C9H9N3S/c1-12-7-5-3-2-4-6(7)8(10)11-9(12)13/h2-5H,1H3,(H2,10,11,13). The largest absolute Gasteiger partial charge is 0.383 e. The van der Waals surface area contributed by atoms with E-state index in [1.807, 2.05) is 35.9 Å². The maximum atomic E-state index is 5.73. The second-order valence-electron chi connectivity index (χ2n) is 2.86. The van der Waals surface area contributed by atoms with Crippen LogP contribution in [0.2, 0.25) is 0 Å². The van der Waals surface area contributed by atoms with E-state index in [9.17, 15) is 0 Å². The molecule has 0 aliphatic rings. The third kappa shape index (κ3) is 1.19. The molecule has 0 unspecified atom stereocenters. The van der Waals surface area contributed by atoms with Crippen molar-refractivity contribution in [2.75, 3.05) is 5.73 Å². The van der Waals surface area contributed by atoms with Crippen molar-refractivity contribution in [3.05, 3.63) is 29.0 Å². The lowest BCUT2D eigenvalue weighted by atomic mass is 10.2. The average molecular weight is 191 g/mol. The highest BCUT2D eigenvalue weighted by molar-refractivity contribution is 7.71. The Balaban J connectivity index is 3.06. The SMILES string of the molecule is Cn1c(=S)nc(N)c2ccccc21. The molecule has 0 bridgehead atoms. The van der Waals surface area contributed by atoms with Crippen LogP contribution in [-0.4, -0.2) is 9.55 Å². The highest BCUT2D eigenvalue weighted by atomic mass is 32.1. The lowest BCUT2D eigenvalue weighted by Gasteiger charge is -2.06. The van der Waals surface area contributed by atoms with Crippen LogP contribution in [0.4, 0.5) is 5.82 Å². The van der Waals surface area contributed by atoms with E-state index in [0.717, 1.165) is 10.9 Å². The van der Waals surface area contributed by atoms with Crippen LogP contribution in [0.15, 0.2) is 24.3 Å². The summed E-state index contributed by atoms with van der Waals surface area (Å²) >= 11 is 5.04. The highest BCUT2D eigenvalue weighted by Crippen LogP contribution is 2.17. The van der Waals surface area contributed by atoms with Crippen LogP contribution in [0.5, 0.6) is 0 Å². The molecule has 0 aliphatic heterocycles. The molecule has 1 heterocycles. The summed E-state index contributed by atoms with van der Waals surface area (Å²) in [4.78, 5) is 4.06. The maximum Gasteiger partial charge on any atom is 0.201 e. The first kappa shape index (κ1) is 8.19. The monoisotopic (exact) mass is 191 g/mol. The van der Waals surface area contributed by atoms with E-state index in [4.69, 9.17) is 18.0 Å². The Kier molecular flexibility index (Phi) is 1.77. The average Bonchev–Trinajstić information content (AvgIpc) is 2.15. The Labute approximate surface area is 80.8 Å². The molecule has 1 aromatic carbocycles. The van der Waals surface area contributed by atoms with E-state index in [2.05, 4.69) is 4.98 Å². The minimum atomic E-state index is 0.499. The molecule has 66 valence electrons. The maximum absolute atomic E-state index is 5.73. The minimum absolute atomic E-state index is 0.499. The molecule has 4 heteroatoms. The van der Waals surface area contributed by atoms with Crippen LogP contribution in [-0.2, 0) is 7.05 Å². The summed E-state index contributed by atoms with van der Waals surface area (Å²) < 4.78 is 2.36. The Morgan fingerprint density at radius 3 is 2.85 bits per heavy atom. The number of anilines is 1. The van der Waals surface area contributed by atoms with Gasteiger partial charge in [0.1, 0.15) is 5.82 Å². The molecule has 1 aromatic heterocycles. The predicted octanol–water partition coefficient (Wildman–Crippen LogP) is 1.88. The molecule has 2 rings (SSSR count). The number of para-hydroxylation sites is 1. The van der Waals surface area contributed by atoms with Crippen molar-refractivity contribution in [3.8, 4) is 0 Å². The predicted molar refractivity (Wildman–Crippen MR) is 56.0 cm³/mol. The number of rotatable bonds is 0. The van der Waals surface area contributed by atoms with Crippen molar-refractivity contribution in [3.63, 3.8) is 0 Å². The van der Waals surface area contributed by atoms with Crippen molar-refractivity contribution < 1.29 is 0 Å². The summed E-state index contributed by atoms with van der Waals surface area (Å²) in [6.07, 6.45) is 0. The van der Waals surface area contributed by atoms with E-state index >= 15 is 0 Å². The number of benzene rings is 1. The van der Waals surface area contributed by atoms with Gasteiger partial charge in [-0.1, -0.05) is 12.1 Å². The van der Waals surface area contributed by atoms with Gasteiger partial charge in [0.25, 0.3) is 0 Å². The van der Waals surface area contributed by atoms with Crippen molar-refractivity contribution in [1.29, 1.82) is 0 Å². The molecule has 2 N–H and O–H groups in total. The van der Waals surface area contributed by atoms with Crippen molar-refractivity contribution in [2.45, 2.75) is 0 Å². The van der Waals surface area contributed by atoms with Crippen LogP contribution in [0.3, 0.4) is 0 Å². The molecule has 0 radical (unpaired) electrons. The normalized spacial score (nSPS) is 10.5. The first-order valence-electron chi connectivity index (χ1n) is 3.91. The molecule has 0 aliphatic carbocycles. The number of hydrogen-bond donors (Lipinski definition) is 1. The summed E-state index contributed by atoms with van der Waals surface area (Å²) in [7, 11) is 1.89. The van der Waals surface area contributed by atoms with Gasteiger partial charge in [-0.05, 0) is 24.4 Å². The van der Waals surface area contributed by atoms with Crippen LogP contribution in [0, 0.1) is 4.77 Å². The molecule has 0 saturated carbocycles. The van der Waals surface area contributed by atoms with Gasteiger partial charge in [-0.25, -0.2) is 4.98 Å². The summed E-state index contributed by atoms with van der Waals surface area (Å²) in [6, 6.07) is 7.80. The second-order valence-corrected chi connectivity index (χ2v) is 3.22. The zero-order valence-corrected chi connectivity index (χ0v) is 8.01. The Hall–Kier alpha value is -1.42. The molecular formula is C9H9N3S. The number of nitrogens with zero attached hydrogens (tertiary/aromatic N) is 2. The molecule has 0 fully saturated rings. The van der Waals surface area contributed by atoms with Gasteiger partial charge in [0.05, 0.1) is 5.52 Å². The Morgan fingerprint density at radius 1 is 1.38 bits per heavy atom. The summed E-state index contributed by atoms with van der Waals surface area (Å²) in [5, 5.41) is 0.943. The fourth-order valence-corrected chi connectivity index (χ4v) is 1.52. The first-order valence-corrected chi connectivity index (χ1v) is 4.32. The van der Waals surface area contributed by atoms with E-state index in [-0.39, 0.29) is 0 Å². The number of aryl methyl sites for hydroxylation is 1. The number of nitrogens with two attached hydrogens (primary N) is 1. The van der Waals surface area contributed by atoms with E-state index in [0.29, 0.717) is 10.6 Å². The van der Waals surface area contributed by atoms with Gasteiger partial charge in [-0.3, -0.25) is 0 Å². The molecule has 2 aromatic rings. The van der Waals surface area contributed by atoms with E-state index < -0.39 is 0 Å². The van der Waals surface area contributed by atoms with Gasteiger partial charge in [0.2, 0.25) is 4.77 Å². The Morgan fingerprint density at radius 2 is 2.08 bits per heavy atom. The van der Waals surface area contributed by atoms with Crippen molar-refractivity contribution in [2.24, 2.45) is 7.05 Å². The number of aromatic nitrogens is 2. The highest BCUT2D eigenvalue weighted by Gasteiger charge is 2.01. The van der Waals surface area contributed by atoms with Gasteiger partial charge in [0, 0.05) is 12.4 Å². The fraction of sp³-hybridized carbons (Fsp3) is 0.111. The van der Waals surface area contributed by atoms with Gasteiger partial charge in [0.15, 0.2) is 0 Å². The molecule has 13 heavy (non-hydrogen) atoms. The zero-order valence-electron chi connectivity index (χ0n) is 7.19. The van der Waals surface area contributed by atoms with Gasteiger partial charge < -0.3 is 10.3 Å². The fourth-order valence-electron chi connectivity index (χ4n) is 1.32. The summed E-state index contributed by atoms with van der Waals surface area (Å²) in [5.41, 5.74) is 6.75. The third-order valence-corrected chi connectivity index (χ3v) is 2.41. The number of fused-ring (bicyclic) bond motifs is 1. The molecular weight excluding hydrogens is 182 g/mol.